The molecule has 0 fully saturated rings. The number of hydrogen-bond donors (Lipinski definition) is 1. The number of carboxylic acid groups (broad SMARTS) is 1. The van der Waals surface area contributed by atoms with Gasteiger partial charge in [0, 0.05) is 6.42 Å². The van der Waals surface area contributed by atoms with Gasteiger partial charge in [-0.2, -0.15) is 0 Å². The van der Waals surface area contributed by atoms with Crippen LogP contribution in [0.1, 0.15) is 11.1 Å². The summed E-state index contributed by atoms with van der Waals surface area (Å²) in [5.41, 5.74) is 2.11. The Kier molecular flexibility index (Phi) is 4.98. The Bertz CT molecular complexity index is 1130. The Morgan fingerprint density at radius 1 is 0.966 bits per heavy atom. The molecule has 1 aliphatic heterocycles. The van der Waals surface area contributed by atoms with E-state index in [1.165, 1.54) is 12.1 Å². The van der Waals surface area contributed by atoms with Crippen LogP contribution < -0.4 is 9.04 Å². The van der Waals surface area contributed by atoms with Crippen molar-refractivity contribution >= 4 is 21.7 Å². The van der Waals surface area contributed by atoms with E-state index in [4.69, 9.17) is 4.74 Å². The summed E-state index contributed by atoms with van der Waals surface area (Å²) in [6, 6.07) is 21.4. The van der Waals surface area contributed by atoms with E-state index >= 15 is 0 Å². The molecule has 1 atom stereocenters. The zero-order valence-corrected chi connectivity index (χ0v) is 16.2. The van der Waals surface area contributed by atoms with Crippen LogP contribution in [0.15, 0.2) is 83.8 Å². The van der Waals surface area contributed by atoms with E-state index in [0.717, 1.165) is 9.87 Å². The summed E-state index contributed by atoms with van der Waals surface area (Å²) < 4.78 is 33.2. The van der Waals surface area contributed by atoms with Gasteiger partial charge >= 0.3 is 5.97 Å². The highest BCUT2D eigenvalue weighted by Crippen LogP contribution is 2.37. The highest BCUT2D eigenvalue weighted by Gasteiger charge is 2.42. The molecule has 1 N–H and O–H groups in total. The number of aliphatic carboxylic acids is 1. The van der Waals surface area contributed by atoms with Crippen molar-refractivity contribution in [3.63, 3.8) is 0 Å². The van der Waals surface area contributed by atoms with Crippen LogP contribution in [0.2, 0.25) is 0 Å². The molecule has 0 radical (unpaired) electrons. The predicted octanol–water partition coefficient (Wildman–Crippen LogP) is 3.47. The Hall–Kier alpha value is -3.32. The maximum atomic E-state index is 13.2. The van der Waals surface area contributed by atoms with Crippen molar-refractivity contribution in [1.82, 2.24) is 0 Å². The summed E-state index contributed by atoms with van der Waals surface area (Å²) in [4.78, 5) is 11.7. The second kappa shape index (κ2) is 7.60. The first kappa shape index (κ1) is 19.0. The third-order valence-corrected chi connectivity index (χ3v) is 6.68. The van der Waals surface area contributed by atoms with E-state index < -0.39 is 22.0 Å². The van der Waals surface area contributed by atoms with Crippen molar-refractivity contribution in [2.24, 2.45) is 0 Å². The predicted molar refractivity (Wildman–Crippen MR) is 108 cm³/mol. The largest absolute Gasteiger partial charge is 0.489 e. The molecule has 1 aliphatic rings. The molecular weight excluding hydrogens is 390 g/mol. The molecule has 6 nitrogen and oxygen atoms in total. The number of sulfonamides is 1. The van der Waals surface area contributed by atoms with Crippen molar-refractivity contribution in [2.75, 3.05) is 4.31 Å². The van der Waals surface area contributed by atoms with Crippen LogP contribution in [0.4, 0.5) is 5.69 Å². The fourth-order valence-corrected chi connectivity index (χ4v) is 5.05. The zero-order chi connectivity index (χ0) is 20.4. The lowest BCUT2D eigenvalue weighted by Gasteiger charge is -2.24. The lowest BCUT2D eigenvalue weighted by Crippen LogP contribution is -2.42. The molecule has 0 spiro atoms. The summed E-state index contributed by atoms with van der Waals surface area (Å²) in [6.45, 7) is 0.369. The average Bonchev–Trinajstić information content (AvgIpc) is 3.14. The number of benzene rings is 3. The van der Waals surface area contributed by atoms with E-state index in [9.17, 15) is 18.3 Å². The molecule has 0 saturated heterocycles. The molecule has 4 rings (SSSR count). The van der Waals surface area contributed by atoms with E-state index in [-0.39, 0.29) is 11.3 Å². The monoisotopic (exact) mass is 409 g/mol. The minimum absolute atomic E-state index is 0.0208. The fourth-order valence-electron chi connectivity index (χ4n) is 3.40. The average molecular weight is 409 g/mol. The smallest absolute Gasteiger partial charge is 0.327 e. The second-order valence-electron chi connectivity index (χ2n) is 6.73. The number of nitrogens with zero attached hydrogens (tertiary/aromatic N) is 1. The van der Waals surface area contributed by atoms with Crippen LogP contribution in [0.5, 0.6) is 5.75 Å². The third-order valence-electron chi connectivity index (χ3n) is 4.84. The Morgan fingerprint density at radius 3 is 2.31 bits per heavy atom. The van der Waals surface area contributed by atoms with E-state index in [1.807, 2.05) is 30.3 Å². The van der Waals surface area contributed by atoms with Crippen LogP contribution in [0, 0.1) is 0 Å². The quantitative estimate of drug-likeness (QED) is 0.674. The van der Waals surface area contributed by atoms with Gasteiger partial charge in [-0.05, 0) is 41.5 Å². The molecule has 0 aliphatic carbocycles. The van der Waals surface area contributed by atoms with Gasteiger partial charge in [0.2, 0.25) is 0 Å². The number of para-hydroxylation sites is 1. The third kappa shape index (κ3) is 3.69. The summed E-state index contributed by atoms with van der Waals surface area (Å²) in [6.07, 6.45) is 0.142. The SMILES string of the molecule is O=C(O)[C@@H]1Cc2ccccc2N1S(=O)(=O)c1ccc(OCc2ccccc2)cc1. The first-order chi connectivity index (χ1) is 14.0. The topological polar surface area (TPSA) is 83.9 Å². The number of anilines is 1. The van der Waals surface area contributed by atoms with Gasteiger partial charge in [-0.15, -0.1) is 0 Å². The van der Waals surface area contributed by atoms with Crippen LogP contribution in [0.25, 0.3) is 0 Å². The number of fused-ring (bicyclic) bond motifs is 1. The van der Waals surface area contributed by atoms with Crippen LogP contribution in [0.3, 0.4) is 0 Å². The molecule has 0 amide bonds. The summed E-state index contributed by atoms with van der Waals surface area (Å²) in [5, 5.41) is 9.56. The Balaban J connectivity index is 1.59. The lowest BCUT2D eigenvalue weighted by molar-refractivity contribution is -0.138. The van der Waals surface area contributed by atoms with Crippen molar-refractivity contribution in [2.45, 2.75) is 24.0 Å². The van der Waals surface area contributed by atoms with Crippen molar-refractivity contribution in [3.05, 3.63) is 90.0 Å². The molecule has 0 unspecified atom stereocenters. The molecule has 3 aromatic carbocycles. The molecule has 3 aromatic rings. The van der Waals surface area contributed by atoms with Crippen LogP contribution >= 0.6 is 0 Å². The standard InChI is InChI=1S/C22H19NO5S/c24-22(25)21-14-17-8-4-5-9-20(17)23(21)29(26,27)19-12-10-18(11-13-19)28-15-16-6-2-1-3-7-16/h1-13,21H,14-15H2,(H,24,25)/t21-/m0/s1. The molecule has 7 heteroatoms. The minimum atomic E-state index is -4.03. The molecular formula is C22H19NO5S. The number of carbonyl (C=O) groups is 1. The first-order valence-corrected chi connectivity index (χ1v) is 10.5. The summed E-state index contributed by atoms with van der Waals surface area (Å²) in [5.74, 6) is -0.642. The van der Waals surface area contributed by atoms with Gasteiger partial charge in [0.05, 0.1) is 10.6 Å². The van der Waals surface area contributed by atoms with Crippen molar-refractivity contribution in [1.29, 1.82) is 0 Å². The number of carboxylic acids is 1. The normalized spacial score (nSPS) is 15.7. The molecule has 29 heavy (non-hydrogen) atoms. The lowest BCUT2D eigenvalue weighted by atomic mass is 10.1. The number of ether oxygens (including phenoxy) is 1. The van der Waals surface area contributed by atoms with Gasteiger partial charge < -0.3 is 9.84 Å². The molecule has 0 saturated carbocycles. The van der Waals surface area contributed by atoms with Crippen molar-refractivity contribution < 1.29 is 23.1 Å². The fraction of sp³-hybridized carbons (Fsp3) is 0.136. The maximum Gasteiger partial charge on any atom is 0.327 e. The second-order valence-corrected chi connectivity index (χ2v) is 8.55. The van der Waals surface area contributed by atoms with Gasteiger partial charge in [-0.25, -0.2) is 13.2 Å². The first-order valence-electron chi connectivity index (χ1n) is 9.09. The molecule has 148 valence electrons. The zero-order valence-electron chi connectivity index (χ0n) is 15.4. The van der Waals surface area contributed by atoms with Crippen LogP contribution in [-0.4, -0.2) is 25.5 Å². The summed E-state index contributed by atoms with van der Waals surface area (Å²) >= 11 is 0. The molecule has 0 bridgehead atoms. The maximum absolute atomic E-state index is 13.2. The molecule has 0 aromatic heterocycles. The number of rotatable bonds is 6. The van der Waals surface area contributed by atoms with Gasteiger partial charge in [0.25, 0.3) is 10.0 Å². The highest BCUT2D eigenvalue weighted by atomic mass is 32.2. The van der Waals surface area contributed by atoms with E-state index in [0.29, 0.717) is 23.6 Å². The highest BCUT2D eigenvalue weighted by molar-refractivity contribution is 7.93. The minimum Gasteiger partial charge on any atom is -0.489 e. The van der Waals surface area contributed by atoms with E-state index in [1.54, 1.807) is 36.4 Å². The van der Waals surface area contributed by atoms with Gasteiger partial charge in [0.15, 0.2) is 0 Å². The molecule has 1 heterocycles. The van der Waals surface area contributed by atoms with E-state index in [2.05, 4.69) is 0 Å². The number of hydrogen-bond acceptors (Lipinski definition) is 4. The Labute approximate surface area is 169 Å². The summed E-state index contributed by atoms with van der Waals surface area (Å²) in [7, 11) is -4.03. The van der Waals surface area contributed by atoms with Crippen molar-refractivity contribution in [3.8, 4) is 5.75 Å². The van der Waals surface area contributed by atoms with Crippen LogP contribution in [-0.2, 0) is 27.8 Å². The van der Waals surface area contributed by atoms with Gasteiger partial charge in [-0.3, -0.25) is 4.31 Å². The van der Waals surface area contributed by atoms with Gasteiger partial charge in [0.1, 0.15) is 18.4 Å². The van der Waals surface area contributed by atoms with Gasteiger partial charge in [-0.1, -0.05) is 48.5 Å². The Morgan fingerprint density at radius 2 is 1.62 bits per heavy atom.